The molecular formula is C32H64BrIO13. The molecular weight excluding hydrogens is 799 g/mol. The van der Waals surface area contributed by atoms with E-state index in [9.17, 15) is 0 Å². The molecule has 0 spiro atoms. The second kappa shape index (κ2) is 46.7. The minimum atomic E-state index is 0.515. The highest BCUT2D eigenvalue weighted by atomic mass is 127. The minimum absolute atomic E-state index is 0.515. The van der Waals surface area contributed by atoms with Crippen molar-refractivity contribution in [2.75, 3.05) is 182 Å². The molecule has 0 aliphatic rings. The van der Waals surface area contributed by atoms with Gasteiger partial charge in [-0.05, 0) is 17.3 Å². The molecule has 0 aromatic rings. The molecule has 0 heterocycles. The fourth-order valence-electron chi connectivity index (χ4n) is 3.45. The summed E-state index contributed by atoms with van der Waals surface area (Å²) in [6.07, 6.45) is 4.98. The van der Waals surface area contributed by atoms with E-state index in [4.69, 9.17) is 61.6 Å². The number of rotatable bonds is 44. The molecule has 0 amide bonds. The maximum Gasteiger partial charge on any atom is 0.0701 e. The van der Waals surface area contributed by atoms with Gasteiger partial charge in [-0.3, -0.25) is 0 Å². The quantitative estimate of drug-likeness (QED) is 0.0505. The number of ether oxygens (including phenoxy) is 13. The summed E-state index contributed by atoms with van der Waals surface area (Å²) in [5, 5.41) is 0.838. The summed E-state index contributed by atoms with van der Waals surface area (Å²) in [6, 6.07) is 0. The Hall–Kier alpha value is 0.690. The lowest BCUT2D eigenvalue weighted by Gasteiger charge is -2.09. The highest BCUT2D eigenvalue weighted by molar-refractivity contribution is 14.1. The Balaban J connectivity index is 3.03. The summed E-state index contributed by atoms with van der Waals surface area (Å²) in [5.74, 6) is 0. The molecule has 0 atom stereocenters. The van der Waals surface area contributed by atoms with E-state index in [-0.39, 0.29) is 0 Å². The summed E-state index contributed by atoms with van der Waals surface area (Å²) >= 11 is 5.72. The number of alkyl halides is 2. The van der Waals surface area contributed by atoms with Crippen molar-refractivity contribution in [3.63, 3.8) is 0 Å². The topological polar surface area (TPSA) is 120 Å². The molecule has 13 nitrogen and oxygen atoms in total. The predicted molar refractivity (Wildman–Crippen MR) is 192 cm³/mol. The molecule has 0 fully saturated rings. The van der Waals surface area contributed by atoms with E-state index >= 15 is 0 Å². The van der Waals surface area contributed by atoms with E-state index < -0.39 is 0 Å². The molecule has 284 valence electrons. The maximum atomic E-state index is 5.56. The Morgan fingerprint density at radius 1 is 0.234 bits per heavy atom. The lowest BCUT2D eigenvalue weighted by molar-refractivity contribution is -0.0289. The molecule has 15 heteroatoms. The zero-order valence-corrected chi connectivity index (χ0v) is 32.4. The SMILES string of the molecule is BrCCOCCOCCOCCOCCOCCOCCOCCOCCOCCOCCOCCOCCOCCCCCCI. The van der Waals surface area contributed by atoms with Crippen molar-refractivity contribution in [2.45, 2.75) is 25.7 Å². The first-order valence-corrected chi connectivity index (χ1v) is 19.7. The van der Waals surface area contributed by atoms with Gasteiger partial charge in [0, 0.05) is 11.9 Å². The Labute approximate surface area is 306 Å². The fourth-order valence-corrected chi connectivity index (χ4v) is 4.22. The number of halogens is 2. The van der Waals surface area contributed by atoms with Crippen LogP contribution in [0, 0.1) is 0 Å². The molecule has 0 aromatic heterocycles. The van der Waals surface area contributed by atoms with Gasteiger partial charge >= 0.3 is 0 Å². The van der Waals surface area contributed by atoms with Crippen LogP contribution in [0.25, 0.3) is 0 Å². The number of hydrogen-bond donors (Lipinski definition) is 0. The summed E-state index contributed by atoms with van der Waals surface area (Å²) in [6.45, 7) is 14.5. The number of unbranched alkanes of at least 4 members (excludes halogenated alkanes) is 3. The monoisotopic (exact) mass is 862 g/mol. The maximum absolute atomic E-state index is 5.56. The van der Waals surface area contributed by atoms with E-state index in [1.165, 1.54) is 23.7 Å². The van der Waals surface area contributed by atoms with Crippen LogP contribution in [0.2, 0.25) is 0 Å². The second-order valence-corrected chi connectivity index (χ2v) is 11.6. The predicted octanol–water partition coefficient (Wildman–Crippen LogP) is 3.59. The third kappa shape index (κ3) is 46.7. The van der Waals surface area contributed by atoms with Gasteiger partial charge in [0.15, 0.2) is 0 Å². The van der Waals surface area contributed by atoms with Crippen LogP contribution in [0.4, 0.5) is 0 Å². The van der Waals surface area contributed by atoms with Crippen molar-refractivity contribution in [2.24, 2.45) is 0 Å². The molecule has 0 saturated carbocycles. The van der Waals surface area contributed by atoms with Gasteiger partial charge in [0.25, 0.3) is 0 Å². The minimum Gasteiger partial charge on any atom is -0.379 e. The van der Waals surface area contributed by atoms with Crippen molar-refractivity contribution in [1.29, 1.82) is 0 Å². The summed E-state index contributed by atoms with van der Waals surface area (Å²) in [4.78, 5) is 0. The van der Waals surface area contributed by atoms with Crippen LogP contribution < -0.4 is 0 Å². The van der Waals surface area contributed by atoms with Gasteiger partial charge in [-0.25, -0.2) is 0 Å². The first-order chi connectivity index (χ1) is 23.4. The molecule has 0 rings (SSSR count). The van der Waals surface area contributed by atoms with Crippen molar-refractivity contribution in [3.05, 3.63) is 0 Å². The van der Waals surface area contributed by atoms with Crippen LogP contribution in [-0.2, 0) is 61.6 Å². The van der Waals surface area contributed by atoms with Crippen LogP contribution in [0.5, 0.6) is 0 Å². The van der Waals surface area contributed by atoms with Crippen LogP contribution in [0.3, 0.4) is 0 Å². The molecule has 0 bridgehead atoms. The molecule has 0 saturated heterocycles. The molecule has 0 aliphatic heterocycles. The van der Waals surface area contributed by atoms with Crippen LogP contribution in [-0.4, -0.2) is 182 Å². The van der Waals surface area contributed by atoms with Gasteiger partial charge in [0.1, 0.15) is 0 Å². The summed E-state index contributed by atoms with van der Waals surface area (Å²) in [5.41, 5.74) is 0. The smallest absolute Gasteiger partial charge is 0.0701 e. The Morgan fingerprint density at radius 3 is 0.638 bits per heavy atom. The van der Waals surface area contributed by atoms with E-state index in [1.54, 1.807) is 0 Å². The van der Waals surface area contributed by atoms with Gasteiger partial charge in [-0.15, -0.1) is 0 Å². The number of hydrogen-bond acceptors (Lipinski definition) is 13. The largest absolute Gasteiger partial charge is 0.379 e. The average Bonchev–Trinajstić information content (AvgIpc) is 3.08. The fraction of sp³-hybridized carbons (Fsp3) is 1.00. The Kier molecular flexibility index (Phi) is 47.4. The van der Waals surface area contributed by atoms with Crippen LogP contribution >= 0.6 is 38.5 Å². The van der Waals surface area contributed by atoms with Crippen molar-refractivity contribution < 1.29 is 61.6 Å². The third-order valence-corrected chi connectivity index (χ3v) is 6.94. The van der Waals surface area contributed by atoms with E-state index in [0.29, 0.717) is 165 Å². The highest BCUT2D eigenvalue weighted by Gasteiger charge is 1.97. The van der Waals surface area contributed by atoms with Gasteiger partial charge in [-0.2, -0.15) is 0 Å². The lowest BCUT2D eigenvalue weighted by atomic mass is 10.2. The summed E-state index contributed by atoms with van der Waals surface area (Å²) < 4.78 is 72.3. The highest BCUT2D eigenvalue weighted by Crippen LogP contribution is 2.02. The van der Waals surface area contributed by atoms with Crippen molar-refractivity contribution in [1.82, 2.24) is 0 Å². The van der Waals surface area contributed by atoms with E-state index in [2.05, 4.69) is 38.5 Å². The van der Waals surface area contributed by atoms with Crippen LogP contribution in [0.15, 0.2) is 0 Å². The standard InChI is InChI=1S/C32H64BrIO13/c33-5-8-36-10-12-38-14-16-40-18-20-42-22-24-44-26-28-46-30-32-47-31-29-45-27-25-43-23-21-41-19-17-39-15-13-37-11-9-35-7-4-2-1-3-6-34/h1-32H2. The molecule has 47 heavy (non-hydrogen) atoms. The van der Waals surface area contributed by atoms with Crippen molar-refractivity contribution >= 4 is 38.5 Å². The normalized spacial score (nSPS) is 11.6. The van der Waals surface area contributed by atoms with Crippen LogP contribution in [0.1, 0.15) is 25.7 Å². The van der Waals surface area contributed by atoms with E-state index in [0.717, 1.165) is 18.4 Å². The first-order valence-electron chi connectivity index (χ1n) is 17.0. The third-order valence-electron chi connectivity index (χ3n) is 5.86. The first kappa shape index (κ1) is 47.7. The molecule has 0 radical (unpaired) electrons. The zero-order chi connectivity index (χ0) is 33.8. The Bertz CT molecular complexity index is 503. The molecule has 0 N–H and O–H groups in total. The van der Waals surface area contributed by atoms with E-state index in [1.807, 2.05) is 0 Å². The van der Waals surface area contributed by atoms with Gasteiger partial charge in [0.2, 0.25) is 0 Å². The molecule has 0 unspecified atom stereocenters. The van der Waals surface area contributed by atoms with Gasteiger partial charge < -0.3 is 61.6 Å². The Morgan fingerprint density at radius 2 is 0.426 bits per heavy atom. The lowest BCUT2D eigenvalue weighted by Crippen LogP contribution is -2.15. The van der Waals surface area contributed by atoms with Crippen molar-refractivity contribution in [3.8, 4) is 0 Å². The average molecular weight is 864 g/mol. The molecule has 0 aliphatic carbocycles. The van der Waals surface area contributed by atoms with Gasteiger partial charge in [0.05, 0.1) is 165 Å². The van der Waals surface area contributed by atoms with Gasteiger partial charge in [-0.1, -0.05) is 51.4 Å². The zero-order valence-electron chi connectivity index (χ0n) is 28.7. The molecule has 0 aromatic carbocycles. The second-order valence-electron chi connectivity index (χ2n) is 9.75. The summed E-state index contributed by atoms with van der Waals surface area (Å²) in [7, 11) is 0.